The summed E-state index contributed by atoms with van der Waals surface area (Å²) in [5.74, 6) is 0. The minimum atomic E-state index is 1.01. The van der Waals surface area contributed by atoms with E-state index in [0.29, 0.717) is 0 Å². The molecule has 0 aromatic heterocycles. The summed E-state index contributed by atoms with van der Waals surface area (Å²) in [7, 11) is 0. The summed E-state index contributed by atoms with van der Waals surface area (Å²) in [5, 5.41) is 0. The van der Waals surface area contributed by atoms with Gasteiger partial charge in [0, 0.05) is 12.4 Å². The Balaban J connectivity index is 5.95. The van der Waals surface area contributed by atoms with Crippen molar-refractivity contribution in [1.82, 2.24) is 0 Å². The standard InChI is InChI=1S/C16H20N2/c1-7-13(3)15(9-11-17-5)16(10-12-18-6)14(4)8-2/h7-12H,1-2,5-6H2,3-4H3/b11-9-,12-10-,15-13-,16-14?. The quantitative estimate of drug-likeness (QED) is 0.465. The van der Waals surface area contributed by atoms with Gasteiger partial charge in [0.25, 0.3) is 0 Å². The van der Waals surface area contributed by atoms with Crippen molar-refractivity contribution in [1.29, 1.82) is 0 Å². The van der Waals surface area contributed by atoms with Crippen molar-refractivity contribution in [2.24, 2.45) is 9.98 Å². The molecule has 2 nitrogen and oxygen atoms in total. The van der Waals surface area contributed by atoms with Crippen LogP contribution < -0.4 is 0 Å². The Labute approximate surface area is 110 Å². The summed E-state index contributed by atoms with van der Waals surface area (Å²) >= 11 is 0. The summed E-state index contributed by atoms with van der Waals surface area (Å²) < 4.78 is 0. The Morgan fingerprint density at radius 1 is 0.778 bits per heavy atom. The van der Waals surface area contributed by atoms with Gasteiger partial charge < -0.3 is 0 Å². The number of aliphatic imine (C=N–C) groups is 2. The molecule has 18 heavy (non-hydrogen) atoms. The molecule has 0 saturated carbocycles. The minimum absolute atomic E-state index is 1.01. The topological polar surface area (TPSA) is 24.7 Å². The van der Waals surface area contributed by atoms with Crippen molar-refractivity contribution in [3.63, 3.8) is 0 Å². The molecule has 0 rings (SSSR count). The molecular formula is C16H20N2. The highest BCUT2D eigenvalue weighted by molar-refractivity contribution is 5.55. The summed E-state index contributed by atoms with van der Waals surface area (Å²) in [6.07, 6.45) is 10.7. The van der Waals surface area contributed by atoms with Crippen LogP contribution in [0.25, 0.3) is 0 Å². The molecule has 0 aliphatic carbocycles. The fourth-order valence-electron chi connectivity index (χ4n) is 1.34. The molecule has 0 saturated heterocycles. The predicted octanol–water partition coefficient (Wildman–Crippen LogP) is 4.42. The van der Waals surface area contributed by atoms with Crippen LogP contribution in [0.1, 0.15) is 13.8 Å². The Morgan fingerprint density at radius 3 is 1.33 bits per heavy atom. The van der Waals surface area contributed by atoms with Crippen molar-refractivity contribution in [2.75, 3.05) is 0 Å². The van der Waals surface area contributed by atoms with Crippen LogP contribution in [-0.2, 0) is 0 Å². The molecule has 0 radical (unpaired) electrons. The molecule has 0 aromatic rings. The lowest BCUT2D eigenvalue weighted by Crippen LogP contribution is -1.91. The first kappa shape index (κ1) is 15.8. The fraction of sp³-hybridized carbons (Fsp3) is 0.125. The van der Waals surface area contributed by atoms with Crippen LogP contribution in [0.4, 0.5) is 0 Å². The van der Waals surface area contributed by atoms with Gasteiger partial charge in [-0.15, -0.1) is 0 Å². The van der Waals surface area contributed by atoms with E-state index in [1.807, 2.05) is 26.0 Å². The van der Waals surface area contributed by atoms with Crippen LogP contribution in [0.5, 0.6) is 0 Å². The second-order valence-corrected chi connectivity index (χ2v) is 3.60. The lowest BCUT2D eigenvalue weighted by Gasteiger charge is -2.09. The summed E-state index contributed by atoms with van der Waals surface area (Å²) in [6.45, 7) is 18.4. The normalized spacial score (nSPS) is 14.1. The van der Waals surface area contributed by atoms with E-state index in [9.17, 15) is 0 Å². The number of nitrogens with zero attached hydrogens (tertiary/aromatic N) is 2. The second kappa shape index (κ2) is 8.88. The first-order valence-corrected chi connectivity index (χ1v) is 5.54. The zero-order valence-electron chi connectivity index (χ0n) is 11.2. The summed E-state index contributed by atoms with van der Waals surface area (Å²) in [6, 6.07) is 0. The third kappa shape index (κ3) is 4.74. The minimum Gasteiger partial charge on any atom is -0.272 e. The summed E-state index contributed by atoms with van der Waals surface area (Å²) in [4.78, 5) is 7.47. The average molecular weight is 240 g/mol. The van der Waals surface area contributed by atoms with Crippen LogP contribution in [-0.4, -0.2) is 13.4 Å². The number of rotatable bonds is 7. The largest absolute Gasteiger partial charge is 0.272 e. The maximum absolute atomic E-state index is 3.79. The predicted molar refractivity (Wildman–Crippen MR) is 83.2 cm³/mol. The monoisotopic (exact) mass is 240 g/mol. The zero-order chi connectivity index (χ0) is 14.0. The highest BCUT2D eigenvalue weighted by Crippen LogP contribution is 2.23. The van der Waals surface area contributed by atoms with Gasteiger partial charge in [0.2, 0.25) is 0 Å². The smallest absolute Gasteiger partial charge is 0.0266 e. The molecular weight excluding hydrogens is 220 g/mol. The molecule has 0 aliphatic heterocycles. The third-order valence-electron chi connectivity index (χ3n) is 2.45. The van der Waals surface area contributed by atoms with E-state index in [2.05, 4.69) is 36.6 Å². The molecule has 0 amide bonds. The van der Waals surface area contributed by atoms with Gasteiger partial charge in [-0.2, -0.15) is 0 Å². The first-order valence-electron chi connectivity index (χ1n) is 5.54. The zero-order valence-corrected chi connectivity index (χ0v) is 11.2. The van der Waals surface area contributed by atoms with Crippen LogP contribution in [0.2, 0.25) is 0 Å². The van der Waals surface area contributed by atoms with Crippen LogP contribution in [0.15, 0.2) is 82.1 Å². The van der Waals surface area contributed by atoms with Crippen LogP contribution >= 0.6 is 0 Å². The van der Waals surface area contributed by atoms with Crippen molar-refractivity contribution >= 4 is 13.4 Å². The van der Waals surface area contributed by atoms with Gasteiger partial charge in [-0.05, 0) is 61.7 Å². The van der Waals surface area contributed by atoms with E-state index in [1.54, 1.807) is 24.6 Å². The number of hydrogen-bond donors (Lipinski definition) is 0. The molecule has 0 aliphatic rings. The molecule has 2 heteroatoms. The lowest BCUT2D eigenvalue weighted by molar-refractivity contribution is 1.33. The van der Waals surface area contributed by atoms with E-state index in [4.69, 9.17) is 0 Å². The maximum atomic E-state index is 3.79. The van der Waals surface area contributed by atoms with Gasteiger partial charge in [0.15, 0.2) is 0 Å². The molecule has 0 N–H and O–H groups in total. The Kier molecular flexibility index (Phi) is 7.78. The van der Waals surface area contributed by atoms with Crippen molar-refractivity contribution < 1.29 is 0 Å². The molecule has 0 heterocycles. The Bertz CT molecular complexity index is 413. The molecule has 0 unspecified atom stereocenters. The van der Waals surface area contributed by atoms with E-state index in [0.717, 1.165) is 22.3 Å². The van der Waals surface area contributed by atoms with Crippen LogP contribution in [0.3, 0.4) is 0 Å². The maximum Gasteiger partial charge on any atom is 0.0266 e. The molecule has 0 fully saturated rings. The van der Waals surface area contributed by atoms with Gasteiger partial charge in [-0.25, -0.2) is 0 Å². The third-order valence-corrected chi connectivity index (χ3v) is 2.45. The van der Waals surface area contributed by atoms with E-state index in [1.165, 1.54) is 0 Å². The summed E-state index contributed by atoms with van der Waals surface area (Å²) in [5.41, 5.74) is 4.10. The van der Waals surface area contributed by atoms with Crippen molar-refractivity contribution in [3.05, 3.63) is 72.2 Å². The Morgan fingerprint density at radius 2 is 1.11 bits per heavy atom. The number of allylic oxidation sites excluding steroid dienone is 8. The van der Waals surface area contributed by atoms with E-state index < -0.39 is 0 Å². The van der Waals surface area contributed by atoms with Gasteiger partial charge in [0.05, 0.1) is 0 Å². The second-order valence-electron chi connectivity index (χ2n) is 3.60. The molecule has 94 valence electrons. The Hall–Kier alpha value is -2.22. The van der Waals surface area contributed by atoms with Gasteiger partial charge in [-0.3, -0.25) is 9.98 Å². The number of hydrogen-bond acceptors (Lipinski definition) is 2. The van der Waals surface area contributed by atoms with E-state index >= 15 is 0 Å². The molecule has 0 bridgehead atoms. The molecule has 0 atom stereocenters. The van der Waals surface area contributed by atoms with Gasteiger partial charge in [-0.1, -0.05) is 25.3 Å². The molecule has 0 spiro atoms. The molecule has 0 aromatic carbocycles. The van der Waals surface area contributed by atoms with Gasteiger partial charge in [0.1, 0.15) is 0 Å². The average Bonchev–Trinajstić information content (AvgIpc) is 2.40. The fourth-order valence-corrected chi connectivity index (χ4v) is 1.34. The van der Waals surface area contributed by atoms with Crippen LogP contribution in [0, 0.1) is 0 Å². The van der Waals surface area contributed by atoms with Gasteiger partial charge >= 0.3 is 0 Å². The lowest BCUT2D eigenvalue weighted by atomic mass is 9.96. The van der Waals surface area contributed by atoms with Crippen molar-refractivity contribution in [3.8, 4) is 0 Å². The van der Waals surface area contributed by atoms with E-state index in [-0.39, 0.29) is 0 Å². The SMILES string of the molecule is C=CC(C)=C(/C=C\N=C)C(/C=C\N=C)=C(/C)C=C. The highest BCUT2D eigenvalue weighted by atomic mass is 14.6. The van der Waals surface area contributed by atoms with Crippen molar-refractivity contribution in [2.45, 2.75) is 13.8 Å². The highest BCUT2D eigenvalue weighted by Gasteiger charge is 2.04. The first-order chi connectivity index (χ1) is 8.62.